The van der Waals surface area contributed by atoms with Crippen molar-refractivity contribution in [1.29, 1.82) is 0 Å². The molecule has 0 bridgehead atoms. The molecule has 0 radical (unpaired) electrons. The summed E-state index contributed by atoms with van der Waals surface area (Å²) in [5, 5.41) is 2.65. The van der Waals surface area contributed by atoms with Gasteiger partial charge in [0, 0.05) is 36.6 Å². The third kappa shape index (κ3) is 5.18. The van der Waals surface area contributed by atoms with Crippen molar-refractivity contribution in [3.05, 3.63) is 78.4 Å². The van der Waals surface area contributed by atoms with Crippen LogP contribution in [0.3, 0.4) is 0 Å². The minimum absolute atomic E-state index is 0.122. The molecule has 0 spiro atoms. The van der Waals surface area contributed by atoms with E-state index < -0.39 is 5.91 Å². The summed E-state index contributed by atoms with van der Waals surface area (Å²) in [6.07, 6.45) is 5.46. The molecule has 1 aromatic heterocycles. The average Bonchev–Trinajstić information content (AvgIpc) is 3.21. The summed E-state index contributed by atoms with van der Waals surface area (Å²) < 4.78 is 7.69. The van der Waals surface area contributed by atoms with E-state index in [0.717, 1.165) is 17.0 Å². The zero-order valence-electron chi connectivity index (χ0n) is 14.7. The number of nitrogens with zero attached hydrogens (tertiary/aromatic N) is 2. The Hall–Kier alpha value is -3.61. The third-order valence-corrected chi connectivity index (χ3v) is 3.92. The summed E-state index contributed by atoms with van der Waals surface area (Å²) in [6.45, 7) is 0.627. The fraction of sp³-hybridized carbons (Fsp3) is 0.150. The molecule has 0 aliphatic carbocycles. The first-order valence-corrected chi connectivity index (χ1v) is 8.48. The van der Waals surface area contributed by atoms with Crippen LogP contribution in [0.4, 0.5) is 0 Å². The molecule has 138 valence electrons. The molecule has 3 aromatic rings. The molecule has 3 rings (SSSR count). The van der Waals surface area contributed by atoms with Crippen molar-refractivity contribution in [2.75, 3.05) is 6.54 Å². The number of hydrogen-bond donors (Lipinski definition) is 2. The van der Waals surface area contributed by atoms with Crippen LogP contribution in [0.1, 0.15) is 22.3 Å². The summed E-state index contributed by atoms with van der Waals surface area (Å²) >= 11 is 0. The predicted octanol–water partition coefficient (Wildman–Crippen LogP) is 2.06. The Morgan fingerprint density at radius 2 is 1.81 bits per heavy atom. The number of hydrogen-bond acceptors (Lipinski definition) is 4. The molecule has 27 heavy (non-hydrogen) atoms. The van der Waals surface area contributed by atoms with E-state index in [-0.39, 0.29) is 18.9 Å². The van der Waals surface area contributed by atoms with Crippen molar-refractivity contribution in [2.24, 2.45) is 5.73 Å². The first-order valence-electron chi connectivity index (χ1n) is 8.48. The standard InChI is InChI=1S/C20H20N4O3/c21-19(25)9-10-23-20(26)16-3-1-15(2-4-16)13-27-18-7-5-17(6-8-18)24-12-11-22-14-24/h1-8,11-12,14H,9-10,13H2,(H2,21,25)(H,23,26). The molecule has 2 amide bonds. The summed E-state index contributed by atoms with van der Waals surface area (Å²) in [4.78, 5) is 26.7. The van der Waals surface area contributed by atoms with Crippen LogP contribution in [-0.4, -0.2) is 27.9 Å². The second-order valence-corrected chi connectivity index (χ2v) is 5.92. The second kappa shape index (κ2) is 8.66. The van der Waals surface area contributed by atoms with Gasteiger partial charge in [0.25, 0.3) is 5.91 Å². The minimum atomic E-state index is -0.444. The number of aromatic nitrogens is 2. The number of nitrogens with one attached hydrogen (secondary N) is 1. The molecule has 0 unspecified atom stereocenters. The molecular formula is C20H20N4O3. The summed E-state index contributed by atoms with van der Waals surface area (Å²) in [7, 11) is 0. The zero-order valence-corrected chi connectivity index (χ0v) is 14.7. The molecular weight excluding hydrogens is 344 g/mol. The van der Waals surface area contributed by atoms with E-state index in [2.05, 4.69) is 10.3 Å². The lowest BCUT2D eigenvalue weighted by molar-refractivity contribution is -0.117. The van der Waals surface area contributed by atoms with E-state index in [1.165, 1.54) is 0 Å². The van der Waals surface area contributed by atoms with Crippen molar-refractivity contribution < 1.29 is 14.3 Å². The highest BCUT2D eigenvalue weighted by atomic mass is 16.5. The van der Waals surface area contributed by atoms with Crippen LogP contribution in [0.2, 0.25) is 0 Å². The number of ether oxygens (including phenoxy) is 1. The fourth-order valence-corrected chi connectivity index (χ4v) is 2.45. The third-order valence-electron chi connectivity index (χ3n) is 3.92. The molecule has 0 aliphatic rings. The van der Waals surface area contributed by atoms with E-state index in [9.17, 15) is 9.59 Å². The maximum absolute atomic E-state index is 11.9. The Morgan fingerprint density at radius 1 is 1.07 bits per heavy atom. The van der Waals surface area contributed by atoms with Crippen LogP contribution < -0.4 is 15.8 Å². The number of imidazole rings is 1. The molecule has 3 N–H and O–H groups in total. The van der Waals surface area contributed by atoms with E-state index in [4.69, 9.17) is 10.5 Å². The lowest BCUT2D eigenvalue weighted by Crippen LogP contribution is -2.27. The van der Waals surface area contributed by atoms with Crippen LogP contribution in [0.5, 0.6) is 5.75 Å². The van der Waals surface area contributed by atoms with E-state index in [0.29, 0.717) is 12.2 Å². The van der Waals surface area contributed by atoms with Crippen molar-refractivity contribution >= 4 is 11.8 Å². The highest BCUT2D eigenvalue weighted by Gasteiger charge is 2.06. The van der Waals surface area contributed by atoms with Crippen LogP contribution in [-0.2, 0) is 11.4 Å². The molecule has 1 heterocycles. The largest absolute Gasteiger partial charge is 0.489 e. The molecule has 0 aliphatic heterocycles. The summed E-state index contributed by atoms with van der Waals surface area (Å²) in [5.41, 5.74) is 7.52. The van der Waals surface area contributed by atoms with Crippen molar-refractivity contribution in [1.82, 2.24) is 14.9 Å². The topological polar surface area (TPSA) is 99.2 Å². The molecule has 0 fully saturated rings. The molecule has 2 aromatic carbocycles. The Labute approximate surface area is 156 Å². The molecule has 0 saturated carbocycles. The Balaban J connectivity index is 1.51. The zero-order chi connectivity index (χ0) is 19.1. The van der Waals surface area contributed by atoms with Gasteiger partial charge in [0.05, 0.1) is 6.33 Å². The second-order valence-electron chi connectivity index (χ2n) is 5.92. The first kappa shape index (κ1) is 18.2. The molecule has 0 saturated heterocycles. The minimum Gasteiger partial charge on any atom is -0.489 e. The van der Waals surface area contributed by atoms with E-state index in [1.54, 1.807) is 24.7 Å². The molecule has 0 atom stereocenters. The Kier molecular flexibility index (Phi) is 5.84. The Bertz CT molecular complexity index is 888. The van der Waals surface area contributed by atoms with Gasteiger partial charge in [-0.1, -0.05) is 12.1 Å². The smallest absolute Gasteiger partial charge is 0.251 e. The van der Waals surface area contributed by atoms with Crippen molar-refractivity contribution in [2.45, 2.75) is 13.0 Å². The van der Waals surface area contributed by atoms with Gasteiger partial charge in [-0.25, -0.2) is 4.98 Å². The maximum atomic E-state index is 11.9. The van der Waals surface area contributed by atoms with Gasteiger partial charge < -0.3 is 20.4 Å². The van der Waals surface area contributed by atoms with Gasteiger partial charge in [0.15, 0.2) is 0 Å². The average molecular weight is 364 g/mol. The van der Waals surface area contributed by atoms with Gasteiger partial charge in [-0.2, -0.15) is 0 Å². The number of nitrogens with two attached hydrogens (primary N) is 1. The number of primary amides is 1. The summed E-state index contributed by atoms with van der Waals surface area (Å²) in [5.74, 6) is 0.0757. The van der Waals surface area contributed by atoms with Gasteiger partial charge >= 0.3 is 0 Å². The number of carbonyl (C=O) groups excluding carboxylic acids is 2. The van der Waals surface area contributed by atoms with Gasteiger partial charge in [-0.3, -0.25) is 9.59 Å². The lowest BCUT2D eigenvalue weighted by Gasteiger charge is -2.09. The fourth-order valence-electron chi connectivity index (χ4n) is 2.45. The highest BCUT2D eigenvalue weighted by molar-refractivity contribution is 5.94. The number of rotatable bonds is 8. The summed E-state index contributed by atoms with van der Waals surface area (Å²) in [6, 6.07) is 14.8. The predicted molar refractivity (Wildman–Crippen MR) is 100 cm³/mol. The maximum Gasteiger partial charge on any atom is 0.251 e. The lowest BCUT2D eigenvalue weighted by atomic mass is 10.1. The van der Waals surface area contributed by atoms with Crippen LogP contribution in [0.15, 0.2) is 67.3 Å². The number of amides is 2. The van der Waals surface area contributed by atoms with Crippen molar-refractivity contribution in [3.63, 3.8) is 0 Å². The highest BCUT2D eigenvalue weighted by Crippen LogP contribution is 2.17. The van der Waals surface area contributed by atoms with Gasteiger partial charge in [0.2, 0.25) is 5.91 Å². The van der Waals surface area contributed by atoms with E-state index in [1.807, 2.05) is 47.2 Å². The van der Waals surface area contributed by atoms with Crippen LogP contribution in [0, 0.1) is 0 Å². The van der Waals surface area contributed by atoms with Gasteiger partial charge in [-0.15, -0.1) is 0 Å². The monoisotopic (exact) mass is 364 g/mol. The quantitative estimate of drug-likeness (QED) is 0.639. The normalized spacial score (nSPS) is 10.4. The first-order chi connectivity index (χ1) is 13.1. The number of carbonyl (C=O) groups is 2. The van der Waals surface area contributed by atoms with Gasteiger partial charge in [-0.05, 0) is 42.0 Å². The van der Waals surface area contributed by atoms with Crippen LogP contribution >= 0.6 is 0 Å². The molecule has 7 heteroatoms. The van der Waals surface area contributed by atoms with Crippen molar-refractivity contribution in [3.8, 4) is 11.4 Å². The van der Waals surface area contributed by atoms with Gasteiger partial charge in [0.1, 0.15) is 12.4 Å². The SMILES string of the molecule is NC(=O)CCNC(=O)c1ccc(COc2ccc(-n3ccnc3)cc2)cc1. The van der Waals surface area contributed by atoms with E-state index >= 15 is 0 Å². The van der Waals surface area contributed by atoms with Crippen LogP contribution in [0.25, 0.3) is 5.69 Å². The molecule has 7 nitrogen and oxygen atoms in total. The Morgan fingerprint density at radius 3 is 2.44 bits per heavy atom. The number of benzene rings is 2.